The van der Waals surface area contributed by atoms with Crippen molar-refractivity contribution < 1.29 is 17.2 Å². The zero-order valence-corrected chi connectivity index (χ0v) is 14.8. The average molecular weight is 398 g/mol. The number of halogens is 2. The maximum atomic E-state index is 13.2. The second-order valence-electron chi connectivity index (χ2n) is 5.23. The van der Waals surface area contributed by atoms with Crippen molar-refractivity contribution >= 4 is 21.6 Å². The maximum Gasteiger partial charge on any atom is 0.266 e. The minimum atomic E-state index is -3.90. The first-order chi connectivity index (χ1) is 12.4. The Morgan fingerprint density at radius 2 is 2.04 bits per heavy atom. The molecule has 26 heavy (non-hydrogen) atoms. The van der Waals surface area contributed by atoms with Gasteiger partial charge in [0.15, 0.2) is 5.76 Å². The fourth-order valence-corrected chi connectivity index (χ4v) is 3.47. The molecule has 0 fully saturated rings. The third-order valence-corrected chi connectivity index (χ3v) is 5.21. The van der Waals surface area contributed by atoms with Gasteiger partial charge >= 0.3 is 0 Å². The van der Waals surface area contributed by atoms with Crippen LogP contribution in [0.3, 0.4) is 0 Å². The Bertz CT molecular complexity index is 1080. The number of sulfonamides is 1. The molecule has 0 aliphatic carbocycles. The predicted octanol–water partition coefficient (Wildman–Crippen LogP) is 2.27. The third kappa shape index (κ3) is 4.01. The lowest BCUT2D eigenvalue weighted by Gasteiger charge is -2.09. The molecule has 10 heteroatoms. The lowest BCUT2D eigenvalue weighted by atomic mass is 10.3. The Morgan fingerprint density at radius 1 is 1.23 bits per heavy atom. The van der Waals surface area contributed by atoms with Crippen molar-refractivity contribution in [2.45, 2.75) is 11.4 Å². The average Bonchev–Trinajstić information content (AvgIpc) is 3.13. The van der Waals surface area contributed by atoms with Gasteiger partial charge in [-0.1, -0.05) is 11.6 Å². The van der Waals surface area contributed by atoms with Gasteiger partial charge in [0, 0.05) is 12.6 Å². The van der Waals surface area contributed by atoms with Crippen molar-refractivity contribution in [1.29, 1.82) is 0 Å². The normalized spacial score (nSPS) is 11.6. The molecule has 0 unspecified atom stereocenters. The molecule has 0 aliphatic heterocycles. The summed E-state index contributed by atoms with van der Waals surface area (Å²) in [5.41, 5.74) is 0.0621. The molecule has 2 heterocycles. The fraction of sp³-hybridized carbons (Fsp3) is 0.125. The first-order valence-corrected chi connectivity index (χ1v) is 9.30. The smallest absolute Gasteiger partial charge is 0.266 e. The molecule has 0 bridgehead atoms. The fourth-order valence-electron chi connectivity index (χ4n) is 2.18. The zero-order chi connectivity index (χ0) is 18.7. The van der Waals surface area contributed by atoms with Gasteiger partial charge in [0.05, 0.1) is 22.7 Å². The Morgan fingerprint density at radius 3 is 2.73 bits per heavy atom. The van der Waals surface area contributed by atoms with E-state index in [1.807, 2.05) is 0 Å². The number of nitrogens with one attached hydrogen (secondary N) is 1. The van der Waals surface area contributed by atoms with Crippen LogP contribution in [0.15, 0.2) is 62.8 Å². The van der Waals surface area contributed by atoms with E-state index in [2.05, 4.69) is 9.82 Å². The molecule has 136 valence electrons. The molecule has 1 aromatic carbocycles. The Balaban J connectivity index is 1.72. The van der Waals surface area contributed by atoms with Crippen molar-refractivity contribution in [1.82, 2.24) is 14.5 Å². The highest BCUT2D eigenvalue weighted by Crippen LogP contribution is 2.19. The highest BCUT2D eigenvalue weighted by molar-refractivity contribution is 7.89. The van der Waals surface area contributed by atoms with E-state index < -0.39 is 15.8 Å². The minimum absolute atomic E-state index is 0.00153. The summed E-state index contributed by atoms with van der Waals surface area (Å²) in [5, 5.41) is 3.84. The van der Waals surface area contributed by atoms with Crippen LogP contribution >= 0.6 is 11.6 Å². The maximum absolute atomic E-state index is 13.2. The number of aromatic nitrogens is 2. The van der Waals surface area contributed by atoms with E-state index in [1.165, 1.54) is 18.4 Å². The first-order valence-electron chi connectivity index (χ1n) is 7.43. The summed E-state index contributed by atoms with van der Waals surface area (Å²) < 4.78 is 46.2. The summed E-state index contributed by atoms with van der Waals surface area (Å²) in [4.78, 5) is 11.7. The van der Waals surface area contributed by atoms with Crippen LogP contribution in [0.5, 0.6) is 0 Å². The van der Waals surface area contributed by atoms with Crippen LogP contribution in [0.4, 0.5) is 4.39 Å². The lowest BCUT2D eigenvalue weighted by molar-refractivity contribution is 0.539. The molecule has 0 atom stereocenters. The largest absolute Gasteiger partial charge is 0.463 e. The molecule has 0 saturated carbocycles. The Kier molecular flexibility index (Phi) is 5.21. The van der Waals surface area contributed by atoms with Gasteiger partial charge in [-0.05, 0) is 36.4 Å². The molecule has 0 radical (unpaired) electrons. The van der Waals surface area contributed by atoms with Crippen LogP contribution < -0.4 is 10.3 Å². The van der Waals surface area contributed by atoms with Gasteiger partial charge in [0.25, 0.3) is 5.56 Å². The molecule has 1 N–H and O–H groups in total. The molecule has 0 spiro atoms. The monoisotopic (exact) mass is 397 g/mol. The number of rotatable bonds is 6. The second kappa shape index (κ2) is 7.40. The van der Waals surface area contributed by atoms with Gasteiger partial charge in [-0.2, -0.15) is 5.10 Å². The highest BCUT2D eigenvalue weighted by atomic mass is 35.5. The van der Waals surface area contributed by atoms with Crippen molar-refractivity contribution in [2.75, 3.05) is 6.54 Å². The van der Waals surface area contributed by atoms with Crippen LogP contribution in [-0.4, -0.2) is 24.7 Å². The molecule has 0 saturated heterocycles. The molecule has 7 nitrogen and oxygen atoms in total. The molecule has 3 rings (SSSR count). The van der Waals surface area contributed by atoms with Gasteiger partial charge < -0.3 is 4.42 Å². The summed E-state index contributed by atoms with van der Waals surface area (Å²) in [5.74, 6) is -0.226. The summed E-state index contributed by atoms with van der Waals surface area (Å²) in [6, 6.07) is 9.30. The number of furan rings is 1. The summed E-state index contributed by atoms with van der Waals surface area (Å²) in [7, 11) is -3.90. The first kappa shape index (κ1) is 18.3. The zero-order valence-electron chi connectivity index (χ0n) is 13.2. The number of nitrogens with zero attached hydrogens (tertiary/aromatic N) is 2. The molecular formula is C16H13ClFN3O4S. The van der Waals surface area contributed by atoms with E-state index in [0.717, 1.165) is 22.9 Å². The van der Waals surface area contributed by atoms with Gasteiger partial charge in [-0.25, -0.2) is 22.2 Å². The van der Waals surface area contributed by atoms with Gasteiger partial charge in [-0.15, -0.1) is 0 Å². The Labute approximate surface area is 153 Å². The predicted molar refractivity (Wildman–Crippen MR) is 92.8 cm³/mol. The summed E-state index contributed by atoms with van der Waals surface area (Å²) in [6.07, 6.45) is 1.48. The van der Waals surface area contributed by atoms with Crippen LogP contribution in [0.2, 0.25) is 5.02 Å². The second-order valence-corrected chi connectivity index (χ2v) is 7.41. The van der Waals surface area contributed by atoms with Crippen LogP contribution in [0, 0.1) is 5.82 Å². The minimum Gasteiger partial charge on any atom is -0.463 e. The van der Waals surface area contributed by atoms with Gasteiger partial charge in [0.1, 0.15) is 11.5 Å². The van der Waals surface area contributed by atoms with Crippen molar-refractivity contribution in [3.63, 3.8) is 0 Å². The molecule has 0 amide bonds. The topological polar surface area (TPSA) is 94.2 Å². The lowest BCUT2D eigenvalue weighted by Crippen LogP contribution is -2.32. The van der Waals surface area contributed by atoms with Gasteiger partial charge in [0.2, 0.25) is 10.0 Å². The Hall–Kier alpha value is -2.49. The third-order valence-electron chi connectivity index (χ3n) is 3.46. The molecule has 0 aliphatic rings. The molecular weight excluding hydrogens is 385 g/mol. The van der Waals surface area contributed by atoms with Crippen LogP contribution in [0.1, 0.15) is 0 Å². The van der Waals surface area contributed by atoms with E-state index in [1.54, 1.807) is 12.1 Å². The van der Waals surface area contributed by atoms with Crippen LogP contribution in [-0.2, 0) is 16.6 Å². The molecule has 2 aromatic heterocycles. The summed E-state index contributed by atoms with van der Waals surface area (Å²) in [6.45, 7) is -0.0899. The van der Waals surface area contributed by atoms with E-state index in [4.69, 9.17) is 16.0 Å². The standard InChI is InChI=1S/C16H13ClFN3O4S/c17-12-10-11(3-4-13(12)18)26(23,24)19-7-8-21-16(22)6-5-14(20-21)15-2-1-9-25-15/h1-6,9-10,19H,7-8H2. The molecule has 3 aromatic rings. The summed E-state index contributed by atoms with van der Waals surface area (Å²) >= 11 is 5.61. The number of benzene rings is 1. The number of hydrogen-bond acceptors (Lipinski definition) is 5. The van der Waals surface area contributed by atoms with Crippen molar-refractivity contribution in [2.24, 2.45) is 0 Å². The number of hydrogen-bond donors (Lipinski definition) is 1. The highest BCUT2D eigenvalue weighted by Gasteiger charge is 2.15. The van der Waals surface area contributed by atoms with E-state index in [9.17, 15) is 17.6 Å². The van der Waals surface area contributed by atoms with Gasteiger partial charge in [-0.3, -0.25) is 4.79 Å². The SMILES string of the molecule is O=c1ccc(-c2ccco2)nn1CCNS(=O)(=O)c1ccc(F)c(Cl)c1. The van der Waals surface area contributed by atoms with Crippen molar-refractivity contribution in [3.05, 3.63) is 69.9 Å². The van der Waals surface area contributed by atoms with E-state index >= 15 is 0 Å². The quantitative estimate of drug-likeness (QED) is 0.688. The van der Waals surface area contributed by atoms with Crippen molar-refractivity contribution in [3.8, 4) is 11.5 Å². The van der Waals surface area contributed by atoms with E-state index in [-0.39, 0.29) is 28.6 Å². The van der Waals surface area contributed by atoms with E-state index in [0.29, 0.717) is 11.5 Å². The van der Waals surface area contributed by atoms with Crippen LogP contribution in [0.25, 0.3) is 11.5 Å².